The molecule has 0 aliphatic carbocycles. The lowest BCUT2D eigenvalue weighted by Crippen LogP contribution is -2.23. The van der Waals surface area contributed by atoms with Gasteiger partial charge in [0.05, 0.1) is 21.4 Å². The maximum Gasteiger partial charge on any atom is 0.302 e. The third-order valence-corrected chi connectivity index (χ3v) is 2.79. The highest BCUT2D eigenvalue weighted by molar-refractivity contribution is 7.78. The van der Waals surface area contributed by atoms with Gasteiger partial charge in [0.25, 0.3) is 0 Å². The number of halogens is 2. The monoisotopic (exact) mass is 309 g/mol. The topological polar surface area (TPSA) is 45.6 Å². The van der Waals surface area contributed by atoms with E-state index in [1.54, 1.807) is 18.3 Å². The lowest BCUT2D eigenvalue weighted by molar-refractivity contribution is -0.114. The Morgan fingerprint density at radius 3 is 3.00 bits per heavy atom. The van der Waals surface area contributed by atoms with Gasteiger partial charge in [0, 0.05) is 6.20 Å². The van der Waals surface area contributed by atoms with Gasteiger partial charge in [-0.1, -0.05) is 28.9 Å². The normalized spacial score (nSPS) is 13.5. The standard InChI is InChI=1S/C12H5Cl2N3OS/c13-8-3-5-17(10(6-8)12(18)16-7-19)11-9(14)2-1-4-15-11/h1-2,4-6H. The van der Waals surface area contributed by atoms with Crippen LogP contribution in [-0.4, -0.2) is 16.1 Å². The van der Waals surface area contributed by atoms with Gasteiger partial charge < -0.3 is 0 Å². The van der Waals surface area contributed by atoms with Gasteiger partial charge in [-0.2, -0.15) is 4.99 Å². The van der Waals surface area contributed by atoms with Crippen LogP contribution in [0.3, 0.4) is 0 Å². The van der Waals surface area contributed by atoms with Crippen molar-refractivity contribution in [3.05, 3.63) is 52.1 Å². The summed E-state index contributed by atoms with van der Waals surface area (Å²) in [5.74, 6) is -0.215. The summed E-state index contributed by atoms with van der Waals surface area (Å²) in [7, 11) is 0. The Balaban J connectivity index is 2.53. The van der Waals surface area contributed by atoms with E-state index in [9.17, 15) is 4.79 Å². The van der Waals surface area contributed by atoms with Crippen LogP contribution in [0.5, 0.6) is 0 Å². The Bertz CT molecular complexity index is 686. The van der Waals surface area contributed by atoms with Gasteiger partial charge in [0.15, 0.2) is 5.82 Å². The van der Waals surface area contributed by atoms with Gasteiger partial charge in [0.1, 0.15) is 5.70 Å². The van der Waals surface area contributed by atoms with Crippen LogP contribution in [0.2, 0.25) is 5.02 Å². The number of allylic oxidation sites excluding steroid dienone is 2. The van der Waals surface area contributed by atoms with Crippen molar-refractivity contribution in [2.24, 2.45) is 4.99 Å². The fourth-order valence-electron chi connectivity index (χ4n) is 1.42. The molecular formula is C12H5Cl2N3OS. The van der Waals surface area contributed by atoms with Crippen molar-refractivity contribution >= 4 is 52.3 Å². The fraction of sp³-hybridized carbons (Fsp3) is 0. The molecule has 1 aliphatic heterocycles. The number of carbonyl (C=O) groups excluding carboxylic acids is 1. The van der Waals surface area contributed by atoms with Crippen LogP contribution in [0, 0.1) is 0 Å². The zero-order chi connectivity index (χ0) is 13.8. The van der Waals surface area contributed by atoms with Gasteiger partial charge in [-0.3, -0.25) is 9.69 Å². The zero-order valence-corrected chi connectivity index (χ0v) is 11.6. The summed E-state index contributed by atoms with van der Waals surface area (Å²) in [5, 5.41) is 2.67. The highest BCUT2D eigenvalue weighted by atomic mass is 35.5. The molecule has 2 rings (SSSR count). The van der Waals surface area contributed by atoms with Crippen LogP contribution in [0.1, 0.15) is 0 Å². The molecule has 19 heavy (non-hydrogen) atoms. The molecule has 0 saturated heterocycles. The van der Waals surface area contributed by atoms with Crippen molar-refractivity contribution in [1.82, 2.24) is 4.98 Å². The van der Waals surface area contributed by atoms with Gasteiger partial charge >= 0.3 is 5.91 Å². The second-order valence-electron chi connectivity index (χ2n) is 3.34. The number of thiocarbonyl (C=S) groups is 1. The molecule has 1 aromatic heterocycles. The molecule has 0 atom stereocenters. The van der Waals surface area contributed by atoms with E-state index < -0.39 is 5.91 Å². The zero-order valence-electron chi connectivity index (χ0n) is 9.30. The maximum atomic E-state index is 11.8. The van der Waals surface area contributed by atoms with Crippen molar-refractivity contribution < 1.29 is 4.79 Å². The molecule has 1 aliphatic rings. The summed E-state index contributed by atoms with van der Waals surface area (Å²) < 4.78 is 0. The van der Waals surface area contributed by atoms with Crippen molar-refractivity contribution in [3.63, 3.8) is 0 Å². The molecule has 2 heterocycles. The van der Waals surface area contributed by atoms with E-state index in [1.165, 1.54) is 17.2 Å². The van der Waals surface area contributed by atoms with Crippen LogP contribution in [0.25, 0.3) is 0 Å². The Labute approximate surface area is 124 Å². The van der Waals surface area contributed by atoms with Crippen LogP contribution >= 0.6 is 35.4 Å². The number of carbonyl (C=O) groups is 1. The molecule has 0 saturated carbocycles. The number of hydrogen-bond donors (Lipinski definition) is 0. The molecular weight excluding hydrogens is 305 g/mol. The maximum absolute atomic E-state index is 11.8. The van der Waals surface area contributed by atoms with Gasteiger partial charge in [-0.15, -0.1) is 0 Å². The molecule has 94 valence electrons. The number of aromatic nitrogens is 1. The number of nitrogens with zero attached hydrogens (tertiary/aromatic N) is 3. The Morgan fingerprint density at radius 1 is 1.53 bits per heavy atom. The third-order valence-electron chi connectivity index (χ3n) is 2.19. The Hall–Kier alpha value is -1.74. The first-order chi connectivity index (χ1) is 9.13. The minimum atomic E-state index is -0.590. The predicted octanol–water partition coefficient (Wildman–Crippen LogP) is 3.30. The van der Waals surface area contributed by atoms with Crippen molar-refractivity contribution in [2.45, 2.75) is 0 Å². The molecule has 0 spiro atoms. The van der Waals surface area contributed by atoms with E-state index in [0.29, 0.717) is 10.8 Å². The van der Waals surface area contributed by atoms with Gasteiger partial charge in [-0.25, -0.2) is 4.98 Å². The Kier molecular flexibility index (Phi) is 4.27. The first kappa shape index (κ1) is 13.7. The van der Waals surface area contributed by atoms with Crippen molar-refractivity contribution in [3.8, 4) is 0 Å². The second-order valence-corrected chi connectivity index (χ2v) is 4.34. The van der Waals surface area contributed by atoms with Crippen LogP contribution in [0.4, 0.5) is 5.82 Å². The van der Waals surface area contributed by atoms with E-state index in [4.69, 9.17) is 23.2 Å². The van der Waals surface area contributed by atoms with Crippen molar-refractivity contribution in [2.75, 3.05) is 4.90 Å². The average Bonchev–Trinajstić information content (AvgIpc) is 2.40. The molecule has 0 fully saturated rings. The van der Waals surface area contributed by atoms with E-state index in [-0.39, 0.29) is 10.7 Å². The van der Waals surface area contributed by atoms with Crippen LogP contribution in [-0.2, 0) is 4.79 Å². The van der Waals surface area contributed by atoms with Crippen molar-refractivity contribution in [1.29, 1.82) is 0 Å². The summed E-state index contributed by atoms with van der Waals surface area (Å²) in [6.45, 7) is 0. The largest absolute Gasteiger partial charge is 0.302 e. The number of aliphatic imine (C=N–C) groups is 1. The predicted molar refractivity (Wildman–Crippen MR) is 77.3 cm³/mol. The SMILES string of the molecule is O=C(N=C=S)C1=CC(Cl)=C=CN1c1ncccc1Cl. The number of rotatable bonds is 2. The second kappa shape index (κ2) is 5.93. The van der Waals surface area contributed by atoms with E-state index in [2.05, 4.69) is 27.9 Å². The molecule has 0 N–H and O–H groups in total. The Morgan fingerprint density at radius 2 is 2.32 bits per heavy atom. The molecule has 0 unspecified atom stereocenters. The summed E-state index contributed by atoms with van der Waals surface area (Å²) >= 11 is 16.3. The fourth-order valence-corrected chi connectivity index (χ4v) is 1.87. The number of hydrogen-bond acceptors (Lipinski definition) is 4. The number of pyridine rings is 1. The summed E-state index contributed by atoms with van der Waals surface area (Å²) in [5.41, 5.74) is 2.92. The van der Waals surface area contributed by atoms with Crippen LogP contribution in [0.15, 0.2) is 52.1 Å². The number of anilines is 1. The smallest absolute Gasteiger partial charge is 0.288 e. The minimum Gasteiger partial charge on any atom is -0.288 e. The number of amides is 1. The summed E-state index contributed by atoms with van der Waals surface area (Å²) in [6, 6.07) is 3.34. The summed E-state index contributed by atoms with van der Waals surface area (Å²) in [6.07, 6.45) is 4.42. The first-order valence-corrected chi connectivity index (χ1v) is 6.16. The molecule has 0 aromatic carbocycles. The molecule has 1 aromatic rings. The number of isothiocyanates is 1. The van der Waals surface area contributed by atoms with Gasteiger partial charge in [-0.05, 0) is 30.4 Å². The minimum absolute atomic E-state index is 0.168. The lowest BCUT2D eigenvalue weighted by atomic mass is 10.2. The lowest BCUT2D eigenvalue weighted by Gasteiger charge is -2.21. The van der Waals surface area contributed by atoms with E-state index >= 15 is 0 Å². The quantitative estimate of drug-likeness (QED) is 0.478. The molecule has 0 bridgehead atoms. The van der Waals surface area contributed by atoms with E-state index in [0.717, 1.165) is 0 Å². The van der Waals surface area contributed by atoms with E-state index in [1.807, 2.05) is 5.16 Å². The first-order valence-electron chi connectivity index (χ1n) is 4.99. The molecule has 4 nitrogen and oxygen atoms in total. The average molecular weight is 310 g/mol. The highest BCUT2D eigenvalue weighted by Crippen LogP contribution is 2.29. The van der Waals surface area contributed by atoms with Crippen LogP contribution < -0.4 is 4.90 Å². The third kappa shape index (κ3) is 2.99. The highest BCUT2D eigenvalue weighted by Gasteiger charge is 2.22. The molecule has 0 radical (unpaired) electrons. The van der Waals surface area contributed by atoms with Gasteiger partial charge in [0.2, 0.25) is 0 Å². The molecule has 7 heteroatoms. The molecule has 1 amide bonds. The summed E-state index contributed by atoms with van der Waals surface area (Å²) in [4.78, 5) is 20.8.